The Hall–Kier alpha value is -0.830. The zero-order valence-electron chi connectivity index (χ0n) is 12.1. The first kappa shape index (κ1) is 13.6. The van der Waals surface area contributed by atoms with Crippen molar-refractivity contribution in [1.29, 1.82) is 0 Å². The van der Waals surface area contributed by atoms with E-state index in [1.165, 1.54) is 43.5 Å². The minimum absolute atomic E-state index is 0.479. The lowest BCUT2D eigenvalue weighted by Crippen LogP contribution is -2.32. The van der Waals surface area contributed by atoms with Crippen LogP contribution in [0.5, 0.6) is 0 Å². The fourth-order valence-electron chi connectivity index (χ4n) is 3.40. The number of aryl methyl sites for hydroxylation is 2. The van der Waals surface area contributed by atoms with Gasteiger partial charge in [-0.25, -0.2) is 0 Å². The Morgan fingerprint density at radius 3 is 2.61 bits per heavy atom. The van der Waals surface area contributed by atoms with E-state index in [0.717, 1.165) is 19.5 Å². The molecule has 1 aromatic rings. The molecule has 0 spiro atoms. The van der Waals surface area contributed by atoms with Crippen LogP contribution < -0.4 is 5.32 Å². The van der Waals surface area contributed by atoms with Crippen LogP contribution in [0.1, 0.15) is 50.9 Å². The van der Waals surface area contributed by atoms with Gasteiger partial charge in [0.2, 0.25) is 0 Å². The molecule has 1 N–H and O–H groups in total. The Morgan fingerprint density at radius 1 is 1.33 bits per heavy atom. The summed E-state index contributed by atoms with van der Waals surface area (Å²) in [4.78, 5) is 0. The predicted molar refractivity (Wildman–Crippen MR) is 75.8 cm³/mol. The van der Waals surface area contributed by atoms with Gasteiger partial charge in [-0.2, -0.15) is 5.10 Å². The van der Waals surface area contributed by atoms with E-state index in [0.29, 0.717) is 5.41 Å². The molecule has 0 atom stereocenters. The van der Waals surface area contributed by atoms with E-state index >= 15 is 0 Å². The zero-order chi connectivity index (χ0) is 13.0. The maximum atomic E-state index is 4.68. The van der Waals surface area contributed by atoms with E-state index in [1.807, 2.05) is 0 Å². The van der Waals surface area contributed by atoms with Crippen LogP contribution in [0.15, 0.2) is 6.07 Å². The van der Waals surface area contributed by atoms with Crippen LogP contribution in [-0.4, -0.2) is 23.4 Å². The molecule has 0 bridgehead atoms. The van der Waals surface area contributed by atoms with E-state index in [4.69, 9.17) is 0 Å². The highest BCUT2D eigenvalue weighted by Gasteiger charge is 2.34. The summed E-state index contributed by atoms with van der Waals surface area (Å²) in [6.07, 6.45) is 7.74. The number of hydrogen-bond donors (Lipinski definition) is 1. The molecule has 1 saturated carbocycles. The van der Waals surface area contributed by atoms with Crippen LogP contribution >= 0.6 is 0 Å². The average Bonchev–Trinajstić information content (AvgIpc) is 2.97. The summed E-state index contributed by atoms with van der Waals surface area (Å²) in [5.74, 6) is 0. The number of nitrogens with one attached hydrogen (secondary N) is 1. The minimum atomic E-state index is 0.479. The Bertz CT molecular complexity index is 375. The normalized spacial score (nSPS) is 18.4. The van der Waals surface area contributed by atoms with E-state index < -0.39 is 0 Å². The van der Waals surface area contributed by atoms with Crippen molar-refractivity contribution in [3.05, 3.63) is 17.5 Å². The Kier molecular flexibility index (Phi) is 4.44. The molecule has 0 saturated heterocycles. The van der Waals surface area contributed by atoms with Crippen molar-refractivity contribution in [3.63, 3.8) is 0 Å². The van der Waals surface area contributed by atoms with Gasteiger partial charge in [0, 0.05) is 18.8 Å². The van der Waals surface area contributed by atoms with Gasteiger partial charge in [0.05, 0.1) is 5.69 Å². The lowest BCUT2D eigenvalue weighted by Gasteiger charge is -2.29. The zero-order valence-corrected chi connectivity index (χ0v) is 12.1. The molecule has 18 heavy (non-hydrogen) atoms. The second-order valence-electron chi connectivity index (χ2n) is 5.71. The summed E-state index contributed by atoms with van der Waals surface area (Å²) < 4.78 is 2.20. The Balaban J connectivity index is 2.17. The van der Waals surface area contributed by atoms with Crippen LogP contribution in [-0.2, 0) is 19.4 Å². The van der Waals surface area contributed by atoms with Crippen LogP contribution in [0.2, 0.25) is 0 Å². The lowest BCUT2D eigenvalue weighted by atomic mass is 9.81. The average molecular weight is 249 g/mol. The van der Waals surface area contributed by atoms with Crippen LogP contribution in [0.3, 0.4) is 0 Å². The monoisotopic (exact) mass is 249 g/mol. The van der Waals surface area contributed by atoms with Gasteiger partial charge in [0.1, 0.15) is 0 Å². The molecule has 0 aliphatic heterocycles. The molecule has 1 aliphatic carbocycles. The molecule has 0 unspecified atom stereocenters. The summed E-state index contributed by atoms with van der Waals surface area (Å²) in [5.41, 5.74) is 3.16. The highest BCUT2D eigenvalue weighted by Crippen LogP contribution is 2.40. The molecule has 1 heterocycles. The lowest BCUT2D eigenvalue weighted by molar-refractivity contribution is 0.278. The van der Waals surface area contributed by atoms with Crippen molar-refractivity contribution >= 4 is 0 Å². The van der Waals surface area contributed by atoms with E-state index in [9.17, 15) is 0 Å². The smallest absolute Gasteiger partial charge is 0.0624 e. The SMILES string of the molecule is CCc1cc(CC2(CNC)CCCC2)n(CC)n1. The molecule has 3 heteroatoms. The van der Waals surface area contributed by atoms with Gasteiger partial charge < -0.3 is 5.32 Å². The maximum Gasteiger partial charge on any atom is 0.0624 e. The molecular formula is C15H27N3. The molecule has 3 nitrogen and oxygen atoms in total. The number of rotatable bonds is 6. The summed E-state index contributed by atoms with van der Waals surface area (Å²) in [6.45, 7) is 6.51. The van der Waals surface area contributed by atoms with Crippen molar-refractivity contribution in [3.8, 4) is 0 Å². The van der Waals surface area contributed by atoms with E-state index in [2.05, 4.69) is 42.1 Å². The first-order valence-corrected chi connectivity index (χ1v) is 7.43. The van der Waals surface area contributed by atoms with Crippen molar-refractivity contribution in [2.24, 2.45) is 5.41 Å². The molecule has 1 fully saturated rings. The third-order valence-corrected chi connectivity index (χ3v) is 4.35. The largest absolute Gasteiger partial charge is 0.319 e. The fourth-order valence-corrected chi connectivity index (χ4v) is 3.40. The number of aromatic nitrogens is 2. The summed E-state index contributed by atoms with van der Waals surface area (Å²) in [7, 11) is 2.08. The molecular weight excluding hydrogens is 222 g/mol. The third kappa shape index (κ3) is 2.77. The number of hydrogen-bond acceptors (Lipinski definition) is 2. The van der Waals surface area contributed by atoms with E-state index in [1.54, 1.807) is 0 Å². The van der Waals surface area contributed by atoms with Crippen LogP contribution in [0.4, 0.5) is 0 Å². The predicted octanol–water partition coefficient (Wildman–Crippen LogP) is 2.79. The number of nitrogens with zero attached hydrogens (tertiary/aromatic N) is 2. The topological polar surface area (TPSA) is 29.9 Å². The quantitative estimate of drug-likeness (QED) is 0.840. The van der Waals surface area contributed by atoms with Gasteiger partial charge >= 0.3 is 0 Å². The van der Waals surface area contributed by atoms with Gasteiger partial charge in [-0.05, 0) is 51.1 Å². The maximum absolute atomic E-state index is 4.68. The van der Waals surface area contributed by atoms with Gasteiger partial charge in [0.15, 0.2) is 0 Å². The van der Waals surface area contributed by atoms with Gasteiger partial charge in [-0.1, -0.05) is 19.8 Å². The minimum Gasteiger partial charge on any atom is -0.319 e. The molecule has 0 aromatic carbocycles. The second kappa shape index (κ2) is 5.87. The van der Waals surface area contributed by atoms with Crippen LogP contribution in [0.25, 0.3) is 0 Å². The van der Waals surface area contributed by atoms with Crippen molar-refractivity contribution in [1.82, 2.24) is 15.1 Å². The van der Waals surface area contributed by atoms with E-state index in [-0.39, 0.29) is 0 Å². The van der Waals surface area contributed by atoms with Crippen molar-refractivity contribution in [2.75, 3.05) is 13.6 Å². The Morgan fingerprint density at radius 2 is 2.06 bits per heavy atom. The summed E-state index contributed by atoms with van der Waals surface area (Å²) >= 11 is 0. The molecule has 0 radical (unpaired) electrons. The van der Waals surface area contributed by atoms with Crippen LogP contribution in [0, 0.1) is 5.41 Å². The molecule has 0 amide bonds. The molecule has 1 aliphatic rings. The first-order valence-electron chi connectivity index (χ1n) is 7.43. The van der Waals surface area contributed by atoms with Gasteiger partial charge in [-0.3, -0.25) is 4.68 Å². The van der Waals surface area contributed by atoms with Gasteiger partial charge in [-0.15, -0.1) is 0 Å². The first-order chi connectivity index (χ1) is 8.73. The summed E-state index contributed by atoms with van der Waals surface area (Å²) in [5, 5.41) is 8.08. The standard InChI is InChI=1S/C15H27N3/c1-4-13-10-14(18(5-2)17-13)11-15(12-16-3)8-6-7-9-15/h10,16H,4-9,11-12H2,1-3H3. The molecule has 1 aromatic heterocycles. The fraction of sp³-hybridized carbons (Fsp3) is 0.800. The summed E-state index contributed by atoms with van der Waals surface area (Å²) in [6, 6.07) is 2.32. The van der Waals surface area contributed by atoms with Crippen molar-refractivity contribution < 1.29 is 0 Å². The highest BCUT2D eigenvalue weighted by atomic mass is 15.3. The second-order valence-corrected chi connectivity index (χ2v) is 5.71. The molecule has 2 rings (SSSR count). The third-order valence-electron chi connectivity index (χ3n) is 4.35. The highest BCUT2D eigenvalue weighted by molar-refractivity contribution is 5.13. The Labute approximate surface area is 111 Å². The molecule has 102 valence electrons. The van der Waals surface area contributed by atoms with Gasteiger partial charge in [0.25, 0.3) is 0 Å². The van der Waals surface area contributed by atoms with Crippen molar-refractivity contribution in [2.45, 2.75) is 58.9 Å².